The van der Waals surface area contributed by atoms with E-state index in [1.54, 1.807) is 0 Å². The molecule has 0 atom stereocenters. The Bertz CT molecular complexity index is 336. The van der Waals surface area contributed by atoms with Crippen LogP contribution in [0, 0.1) is 6.92 Å². The number of aliphatic carboxylic acids is 1. The van der Waals surface area contributed by atoms with Gasteiger partial charge in [0.2, 0.25) is 0 Å². The molecule has 4 heteroatoms. The predicted molar refractivity (Wildman–Crippen MR) is 56.6 cm³/mol. The molecule has 14 heavy (non-hydrogen) atoms. The van der Waals surface area contributed by atoms with Crippen LogP contribution in [-0.4, -0.2) is 17.7 Å². The van der Waals surface area contributed by atoms with E-state index in [4.69, 9.17) is 9.84 Å². The van der Waals surface area contributed by atoms with Crippen molar-refractivity contribution >= 4 is 21.9 Å². The molecule has 0 aliphatic heterocycles. The Labute approximate surface area is 90.8 Å². The zero-order chi connectivity index (χ0) is 10.6. The summed E-state index contributed by atoms with van der Waals surface area (Å²) in [5.41, 5.74) is 0.999. The van der Waals surface area contributed by atoms with E-state index in [-0.39, 0.29) is 13.0 Å². The van der Waals surface area contributed by atoms with Crippen molar-refractivity contribution in [1.29, 1.82) is 0 Å². The van der Waals surface area contributed by atoms with E-state index in [9.17, 15) is 4.79 Å². The third-order valence-corrected chi connectivity index (χ3v) is 2.22. The average Bonchev–Trinajstić information content (AvgIpc) is 2.10. The Morgan fingerprint density at radius 1 is 1.57 bits per heavy atom. The number of rotatable bonds is 4. The fourth-order valence-corrected chi connectivity index (χ4v) is 1.32. The second-order valence-electron chi connectivity index (χ2n) is 2.90. The number of ether oxygens (including phenoxy) is 1. The number of carboxylic acid groups (broad SMARTS) is 1. The van der Waals surface area contributed by atoms with Crippen molar-refractivity contribution in [2.24, 2.45) is 0 Å². The van der Waals surface area contributed by atoms with Crippen LogP contribution in [0.2, 0.25) is 0 Å². The van der Waals surface area contributed by atoms with Crippen molar-refractivity contribution in [2.45, 2.75) is 13.3 Å². The van der Waals surface area contributed by atoms with Gasteiger partial charge in [0.25, 0.3) is 0 Å². The fraction of sp³-hybridized carbons (Fsp3) is 0.300. The lowest BCUT2D eigenvalue weighted by atomic mass is 10.2. The first-order valence-electron chi connectivity index (χ1n) is 4.20. The molecule has 1 rings (SSSR count). The summed E-state index contributed by atoms with van der Waals surface area (Å²) in [5.74, 6) is -0.127. The summed E-state index contributed by atoms with van der Waals surface area (Å²) in [5, 5.41) is 8.43. The summed E-state index contributed by atoms with van der Waals surface area (Å²) in [4.78, 5) is 10.3. The number of aryl methyl sites for hydroxylation is 1. The van der Waals surface area contributed by atoms with Crippen LogP contribution in [0.3, 0.4) is 0 Å². The number of carbonyl (C=O) groups is 1. The number of halogens is 1. The van der Waals surface area contributed by atoms with Crippen LogP contribution in [0.25, 0.3) is 0 Å². The Balaban J connectivity index is 2.57. The second kappa shape index (κ2) is 5.00. The van der Waals surface area contributed by atoms with Crippen LogP contribution in [0.4, 0.5) is 0 Å². The zero-order valence-electron chi connectivity index (χ0n) is 7.79. The lowest BCUT2D eigenvalue weighted by Gasteiger charge is -2.07. The highest BCUT2D eigenvalue weighted by atomic mass is 79.9. The molecule has 0 saturated carbocycles. The topological polar surface area (TPSA) is 46.5 Å². The molecule has 0 amide bonds. The smallest absolute Gasteiger partial charge is 0.306 e. The minimum Gasteiger partial charge on any atom is -0.493 e. The summed E-state index contributed by atoms with van der Waals surface area (Å²) in [6, 6.07) is 5.66. The van der Waals surface area contributed by atoms with Gasteiger partial charge in [0.15, 0.2) is 0 Å². The SMILES string of the molecule is Cc1ccc(Br)cc1OCCC(=O)O. The maximum Gasteiger partial charge on any atom is 0.306 e. The standard InChI is InChI=1S/C10H11BrO3/c1-7-2-3-8(11)6-9(7)14-5-4-10(12)13/h2-3,6H,4-5H2,1H3,(H,12,13). The van der Waals surface area contributed by atoms with Gasteiger partial charge in [-0.3, -0.25) is 4.79 Å². The van der Waals surface area contributed by atoms with E-state index >= 15 is 0 Å². The molecule has 0 spiro atoms. The molecule has 76 valence electrons. The van der Waals surface area contributed by atoms with Gasteiger partial charge >= 0.3 is 5.97 Å². The van der Waals surface area contributed by atoms with E-state index in [2.05, 4.69) is 15.9 Å². The molecule has 0 heterocycles. The first-order chi connectivity index (χ1) is 6.59. The molecule has 0 saturated heterocycles. The molecule has 0 aliphatic carbocycles. The summed E-state index contributed by atoms with van der Waals surface area (Å²) in [6.07, 6.45) is 0.0198. The minimum absolute atomic E-state index is 0.0198. The number of hydrogen-bond acceptors (Lipinski definition) is 2. The van der Waals surface area contributed by atoms with Gasteiger partial charge in [-0.15, -0.1) is 0 Å². The normalized spacial score (nSPS) is 9.86. The first kappa shape index (κ1) is 11.0. The van der Waals surface area contributed by atoms with Gasteiger partial charge in [-0.2, -0.15) is 0 Å². The zero-order valence-corrected chi connectivity index (χ0v) is 9.37. The van der Waals surface area contributed by atoms with Gasteiger partial charge in [0.05, 0.1) is 13.0 Å². The molecule has 0 bridgehead atoms. The quantitative estimate of drug-likeness (QED) is 0.903. The summed E-state index contributed by atoms with van der Waals surface area (Å²) < 4.78 is 6.24. The minimum atomic E-state index is -0.849. The number of carboxylic acids is 1. The summed E-state index contributed by atoms with van der Waals surface area (Å²) in [7, 11) is 0. The van der Waals surface area contributed by atoms with Crippen molar-refractivity contribution < 1.29 is 14.6 Å². The van der Waals surface area contributed by atoms with E-state index in [0.29, 0.717) is 0 Å². The highest BCUT2D eigenvalue weighted by Crippen LogP contribution is 2.22. The van der Waals surface area contributed by atoms with Gasteiger partial charge in [-0.05, 0) is 24.6 Å². The van der Waals surface area contributed by atoms with E-state index in [1.165, 1.54) is 0 Å². The molecular weight excluding hydrogens is 248 g/mol. The van der Waals surface area contributed by atoms with Crippen molar-refractivity contribution in [2.75, 3.05) is 6.61 Å². The summed E-state index contributed by atoms with van der Waals surface area (Å²) >= 11 is 3.32. The van der Waals surface area contributed by atoms with Crippen molar-refractivity contribution in [3.05, 3.63) is 28.2 Å². The molecular formula is C10H11BrO3. The molecule has 0 fully saturated rings. The first-order valence-corrected chi connectivity index (χ1v) is 4.99. The molecule has 0 aliphatic rings. The lowest BCUT2D eigenvalue weighted by molar-refractivity contribution is -0.137. The van der Waals surface area contributed by atoms with Crippen LogP contribution in [0.15, 0.2) is 22.7 Å². The van der Waals surface area contributed by atoms with Gasteiger partial charge in [-0.25, -0.2) is 0 Å². The lowest BCUT2D eigenvalue weighted by Crippen LogP contribution is -2.05. The van der Waals surface area contributed by atoms with Gasteiger partial charge < -0.3 is 9.84 Å². The molecule has 0 unspecified atom stereocenters. The Hall–Kier alpha value is -1.03. The fourth-order valence-electron chi connectivity index (χ4n) is 0.978. The Morgan fingerprint density at radius 2 is 2.29 bits per heavy atom. The number of benzene rings is 1. The van der Waals surface area contributed by atoms with Gasteiger partial charge in [-0.1, -0.05) is 22.0 Å². The monoisotopic (exact) mass is 258 g/mol. The number of hydrogen-bond donors (Lipinski definition) is 1. The van der Waals surface area contributed by atoms with Crippen molar-refractivity contribution in [3.63, 3.8) is 0 Å². The molecule has 1 aromatic rings. The van der Waals surface area contributed by atoms with Crippen LogP contribution in [0.5, 0.6) is 5.75 Å². The largest absolute Gasteiger partial charge is 0.493 e. The van der Waals surface area contributed by atoms with E-state index < -0.39 is 5.97 Å². The van der Waals surface area contributed by atoms with Crippen LogP contribution in [0.1, 0.15) is 12.0 Å². The molecule has 0 radical (unpaired) electrons. The highest BCUT2D eigenvalue weighted by Gasteiger charge is 2.02. The molecule has 1 aromatic carbocycles. The third-order valence-electron chi connectivity index (χ3n) is 1.72. The van der Waals surface area contributed by atoms with Crippen LogP contribution in [-0.2, 0) is 4.79 Å². The maximum atomic E-state index is 10.3. The van der Waals surface area contributed by atoms with Crippen LogP contribution >= 0.6 is 15.9 Å². The molecule has 0 aromatic heterocycles. The Morgan fingerprint density at radius 3 is 2.93 bits per heavy atom. The summed E-state index contributed by atoms with van der Waals surface area (Å²) in [6.45, 7) is 2.12. The van der Waals surface area contributed by atoms with Gasteiger partial charge in [0.1, 0.15) is 5.75 Å². The highest BCUT2D eigenvalue weighted by molar-refractivity contribution is 9.10. The molecule has 1 N–H and O–H groups in total. The third kappa shape index (κ3) is 3.38. The van der Waals surface area contributed by atoms with Gasteiger partial charge in [0, 0.05) is 4.47 Å². The van der Waals surface area contributed by atoms with Crippen molar-refractivity contribution in [1.82, 2.24) is 0 Å². The maximum absolute atomic E-state index is 10.3. The van der Waals surface area contributed by atoms with Crippen molar-refractivity contribution in [3.8, 4) is 5.75 Å². The van der Waals surface area contributed by atoms with Crippen LogP contribution < -0.4 is 4.74 Å². The van der Waals surface area contributed by atoms with E-state index in [1.807, 2.05) is 25.1 Å². The Kier molecular flexibility index (Phi) is 3.95. The second-order valence-corrected chi connectivity index (χ2v) is 3.82. The molecule has 3 nitrogen and oxygen atoms in total. The predicted octanol–water partition coefficient (Wildman–Crippen LogP) is 2.61. The van der Waals surface area contributed by atoms with E-state index in [0.717, 1.165) is 15.8 Å². The average molecular weight is 259 g/mol.